The van der Waals surface area contributed by atoms with E-state index in [1.54, 1.807) is 0 Å². The molecule has 0 fully saturated rings. The van der Waals surface area contributed by atoms with Crippen LogP contribution in [0.2, 0.25) is 0 Å². The van der Waals surface area contributed by atoms with Gasteiger partial charge in [0.1, 0.15) is 4.90 Å². The highest BCUT2D eigenvalue weighted by Gasteiger charge is 2.26. The molecular weight excluding hydrogens is 267 g/mol. The summed E-state index contributed by atoms with van der Waals surface area (Å²) in [6.07, 6.45) is 0.781. The van der Waals surface area contributed by atoms with Crippen molar-refractivity contribution in [2.45, 2.75) is 4.90 Å². The topological polar surface area (TPSA) is 97.7 Å². The number of aliphatic carboxylic acids is 1. The number of ether oxygens (including phenoxy) is 1. The average molecular weight is 276 g/mol. The van der Waals surface area contributed by atoms with E-state index in [-0.39, 0.29) is 0 Å². The van der Waals surface area contributed by atoms with Crippen LogP contribution in [0, 0.1) is 5.82 Å². The van der Waals surface area contributed by atoms with Crippen molar-refractivity contribution in [3.8, 4) is 5.75 Å². The zero-order valence-corrected chi connectivity index (χ0v) is 10.2. The normalized spacial score (nSPS) is 11.1. The summed E-state index contributed by atoms with van der Waals surface area (Å²) < 4.78 is 40.8. The summed E-state index contributed by atoms with van der Waals surface area (Å²) >= 11 is 0. The van der Waals surface area contributed by atoms with E-state index in [4.69, 9.17) is 5.11 Å². The minimum Gasteiger partial charge on any atom is -0.493 e. The highest BCUT2D eigenvalue weighted by atomic mass is 32.2. The zero-order valence-electron chi connectivity index (χ0n) is 9.43. The molecule has 1 aromatic rings. The number of hydrogen-bond donors (Lipinski definition) is 1. The molecule has 0 saturated heterocycles. The number of sulfone groups is 1. The van der Waals surface area contributed by atoms with E-state index >= 15 is 0 Å². The van der Waals surface area contributed by atoms with Gasteiger partial charge in [-0.25, -0.2) is 17.6 Å². The molecular formula is C10H9FO6S. The highest BCUT2D eigenvalue weighted by Crippen LogP contribution is 2.28. The predicted octanol–water partition coefficient (Wildman–Crippen LogP) is 0.505. The molecule has 0 heterocycles. The van der Waals surface area contributed by atoms with Crippen LogP contribution >= 0.6 is 0 Å². The number of carboxylic acid groups (broad SMARTS) is 1. The zero-order chi connectivity index (χ0) is 14.1. The smallest absolute Gasteiger partial charge is 0.377 e. The number of carbonyl (C=O) groups is 2. The van der Waals surface area contributed by atoms with Gasteiger partial charge in [0.25, 0.3) is 5.78 Å². The first-order valence-electron chi connectivity index (χ1n) is 4.54. The van der Waals surface area contributed by atoms with Crippen LogP contribution in [0.5, 0.6) is 5.75 Å². The third kappa shape index (κ3) is 2.48. The van der Waals surface area contributed by atoms with Crippen LogP contribution in [0.4, 0.5) is 4.39 Å². The third-order valence-corrected chi connectivity index (χ3v) is 3.22. The third-order valence-electron chi connectivity index (χ3n) is 2.10. The molecule has 1 N–H and O–H groups in total. The minimum atomic E-state index is -3.84. The lowest BCUT2D eigenvalue weighted by atomic mass is 10.1. The van der Waals surface area contributed by atoms with Gasteiger partial charge in [0.15, 0.2) is 21.4 Å². The van der Waals surface area contributed by atoms with Gasteiger partial charge >= 0.3 is 5.97 Å². The molecule has 6 nitrogen and oxygen atoms in total. The molecule has 0 bridgehead atoms. The summed E-state index contributed by atoms with van der Waals surface area (Å²) in [5.41, 5.74) is -0.546. The Bertz CT molecular complexity index is 620. The first-order valence-corrected chi connectivity index (χ1v) is 6.43. The van der Waals surface area contributed by atoms with Crippen LogP contribution in [0.1, 0.15) is 10.4 Å². The Balaban J connectivity index is 3.58. The van der Waals surface area contributed by atoms with Gasteiger partial charge in [0.2, 0.25) is 0 Å². The number of halogens is 1. The van der Waals surface area contributed by atoms with E-state index in [1.165, 1.54) is 0 Å². The van der Waals surface area contributed by atoms with Gasteiger partial charge < -0.3 is 9.84 Å². The average Bonchev–Trinajstić information content (AvgIpc) is 2.25. The number of benzene rings is 1. The molecule has 0 atom stereocenters. The van der Waals surface area contributed by atoms with Crippen molar-refractivity contribution in [3.05, 3.63) is 23.5 Å². The maximum Gasteiger partial charge on any atom is 0.377 e. The molecule has 18 heavy (non-hydrogen) atoms. The molecule has 0 saturated carbocycles. The number of carboxylic acids is 1. The summed E-state index contributed by atoms with van der Waals surface area (Å²) in [5.74, 6) is -5.16. The van der Waals surface area contributed by atoms with Crippen molar-refractivity contribution in [2.24, 2.45) is 0 Å². The predicted molar refractivity (Wildman–Crippen MR) is 58.0 cm³/mol. The molecule has 1 rings (SSSR count). The largest absolute Gasteiger partial charge is 0.493 e. The summed E-state index contributed by atoms with van der Waals surface area (Å²) in [7, 11) is -2.84. The molecule has 0 spiro atoms. The molecule has 8 heteroatoms. The van der Waals surface area contributed by atoms with E-state index < -0.39 is 43.6 Å². The van der Waals surface area contributed by atoms with Crippen LogP contribution in [-0.4, -0.2) is 38.6 Å². The second-order valence-electron chi connectivity index (χ2n) is 3.36. The highest BCUT2D eigenvalue weighted by molar-refractivity contribution is 7.90. The minimum absolute atomic E-state index is 0.546. The molecule has 98 valence electrons. The summed E-state index contributed by atoms with van der Waals surface area (Å²) in [4.78, 5) is 21.1. The van der Waals surface area contributed by atoms with E-state index in [1.807, 2.05) is 0 Å². The first-order chi connectivity index (χ1) is 8.20. The number of rotatable bonds is 4. The van der Waals surface area contributed by atoms with Crippen LogP contribution < -0.4 is 4.74 Å². The van der Waals surface area contributed by atoms with Gasteiger partial charge in [0.05, 0.1) is 12.7 Å². The SMILES string of the molecule is COc1c(C(=O)C(=O)O)ccc(S(C)(=O)=O)c1F. The van der Waals surface area contributed by atoms with Gasteiger partial charge in [-0.15, -0.1) is 0 Å². The number of Topliss-reactive ketones (excluding diaryl/α,β-unsaturated/α-hetero) is 1. The second-order valence-corrected chi connectivity index (χ2v) is 5.35. The van der Waals surface area contributed by atoms with Crippen molar-refractivity contribution in [1.29, 1.82) is 0 Å². The molecule has 0 radical (unpaired) electrons. The van der Waals surface area contributed by atoms with E-state index in [0.29, 0.717) is 0 Å². The Morgan fingerprint density at radius 3 is 2.28 bits per heavy atom. The van der Waals surface area contributed by atoms with Crippen molar-refractivity contribution in [2.75, 3.05) is 13.4 Å². The number of hydrogen-bond acceptors (Lipinski definition) is 5. The lowest BCUT2D eigenvalue weighted by Crippen LogP contribution is -2.15. The number of carbonyl (C=O) groups excluding carboxylic acids is 1. The lowest BCUT2D eigenvalue weighted by molar-refractivity contribution is -0.131. The molecule has 1 aromatic carbocycles. The number of methoxy groups -OCH3 is 1. The summed E-state index contributed by atoms with van der Waals surface area (Å²) in [6, 6.07) is 1.72. The maximum absolute atomic E-state index is 13.8. The Labute approximate surface area is 102 Å². The Morgan fingerprint density at radius 1 is 1.33 bits per heavy atom. The maximum atomic E-state index is 13.8. The van der Waals surface area contributed by atoms with Gasteiger partial charge in [-0.1, -0.05) is 0 Å². The van der Waals surface area contributed by atoms with E-state index in [9.17, 15) is 22.4 Å². The fourth-order valence-corrected chi connectivity index (χ4v) is 2.05. The Kier molecular flexibility index (Phi) is 3.70. The van der Waals surface area contributed by atoms with Gasteiger partial charge in [-0.05, 0) is 12.1 Å². The first kappa shape index (κ1) is 14.1. The lowest BCUT2D eigenvalue weighted by Gasteiger charge is -2.09. The van der Waals surface area contributed by atoms with Gasteiger partial charge in [0, 0.05) is 6.26 Å². The standard InChI is InChI=1S/C10H9FO6S/c1-17-9-5(8(12)10(13)14)3-4-6(7(9)11)18(2,15)16/h3-4H,1-2H3,(H,13,14). The van der Waals surface area contributed by atoms with Gasteiger partial charge in [-0.2, -0.15) is 0 Å². The summed E-state index contributed by atoms with van der Waals surface area (Å²) in [6.45, 7) is 0. The fourth-order valence-electron chi connectivity index (χ4n) is 1.32. The van der Waals surface area contributed by atoms with Gasteiger partial charge in [-0.3, -0.25) is 4.79 Å². The van der Waals surface area contributed by atoms with Crippen LogP contribution in [0.15, 0.2) is 17.0 Å². The molecule has 0 aliphatic rings. The van der Waals surface area contributed by atoms with E-state index in [0.717, 1.165) is 25.5 Å². The quantitative estimate of drug-likeness (QED) is 0.635. The Hall–Kier alpha value is -1.96. The van der Waals surface area contributed by atoms with Crippen molar-refractivity contribution in [3.63, 3.8) is 0 Å². The molecule has 0 aliphatic heterocycles. The van der Waals surface area contributed by atoms with Crippen LogP contribution in [0.3, 0.4) is 0 Å². The fraction of sp³-hybridized carbons (Fsp3) is 0.200. The summed E-state index contributed by atoms with van der Waals surface area (Å²) in [5, 5.41) is 8.53. The van der Waals surface area contributed by atoms with E-state index in [2.05, 4.69) is 4.74 Å². The van der Waals surface area contributed by atoms with Crippen molar-refractivity contribution < 1.29 is 32.2 Å². The van der Waals surface area contributed by atoms with Crippen LogP contribution in [0.25, 0.3) is 0 Å². The molecule has 0 amide bonds. The molecule has 0 aliphatic carbocycles. The molecule has 0 aromatic heterocycles. The molecule has 0 unspecified atom stereocenters. The van der Waals surface area contributed by atoms with Crippen molar-refractivity contribution >= 4 is 21.6 Å². The number of ketones is 1. The Morgan fingerprint density at radius 2 is 1.89 bits per heavy atom. The van der Waals surface area contributed by atoms with Crippen molar-refractivity contribution in [1.82, 2.24) is 0 Å². The second kappa shape index (κ2) is 4.73. The van der Waals surface area contributed by atoms with Crippen LogP contribution in [-0.2, 0) is 14.6 Å². The monoisotopic (exact) mass is 276 g/mol.